The van der Waals surface area contributed by atoms with Crippen molar-refractivity contribution in [1.82, 2.24) is 0 Å². The van der Waals surface area contributed by atoms with E-state index in [4.69, 9.17) is 0 Å². The zero-order valence-electron chi connectivity index (χ0n) is 9.74. The highest BCUT2D eigenvalue weighted by molar-refractivity contribution is 5.50. The molecule has 0 heterocycles. The Morgan fingerprint density at radius 2 is 1.62 bits per heavy atom. The lowest BCUT2D eigenvalue weighted by Gasteiger charge is -2.18. The third-order valence-corrected chi connectivity index (χ3v) is 2.82. The van der Waals surface area contributed by atoms with Crippen molar-refractivity contribution in [3.05, 3.63) is 28.3 Å². The lowest BCUT2D eigenvalue weighted by Crippen LogP contribution is -2.10. The Balaban J connectivity index is 3.54. The summed E-state index contributed by atoms with van der Waals surface area (Å²) >= 11 is 0. The molecular weight excluding hydrogens is 217 g/mol. The molecule has 0 bridgehead atoms. The standard InChI is InChI=1S/C12H15F3O/c1-6(2)9-5-10(12(13,14)15)7(3)8(4)11(9)16/h5-6,16H,1-4H3. The summed E-state index contributed by atoms with van der Waals surface area (Å²) in [7, 11) is 0. The Bertz CT molecular complexity index is 406. The van der Waals surface area contributed by atoms with Crippen LogP contribution in [0.25, 0.3) is 0 Å². The molecule has 0 aliphatic carbocycles. The fourth-order valence-corrected chi connectivity index (χ4v) is 1.66. The van der Waals surface area contributed by atoms with Crippen LogP contribution in [0.1, 0.15) is 42.0 Å². The lowest BCUT2D eigenvalue weighted by molar-refractivity contribution is -0.138. The highest BCUT2D eigenvalue weighted by atomic mass is 19.4. The minimum absolute atomic E-state index is 0.0273. The number of halogens is 3. The summed E-state index contributed by atoms with van der Waals surface area (Å²) < 4.78 is 38.2. The topological polar surface area (TPSA) is 20.2 Å². The van der Waals surface area contributed by atoms with E-state index in [1.807, 2.05) is 0 Å². The molecule has 0 aromatic heterocycles. The zero-order chi connectivity index (χ0) is 12.7. The third kappa shape index (κ3) is 2.15. The molecule has 16 heavy (non-hydrogen) atoms. The van der Waals surface area contributed by atoms with Gasteiger partial charge in [-0.2, -0.15) is 13.2 Å². The van der Waals surface area contributed by atoms with Crippen molar-refractivity contribution in [2.45, 2.75) is 39.8 Å². The van der Waals surface area contributed by atoms with Gasteiger partial charge in [-0.25, -0.2) is 0 Å². The maximum Gasteiger partial charge on any atom is 0.416 e. The van der Waals surface area contributed by atoms with Gasteiger partial charge in [0.2, 0.25) is 0 Å². The summed E-state index contributed by atoms with van der Waals surface area (Å²) in [4.78, 5) is 0. The van der Waals surface area contributed by atoms with Crippen LogP contribution < -0.4 is 0 Å². The molecule has 0 saturated carbocycles. The van der Waals surface area contributed by atoms with E-state index in [-0.39, 0.29) is 17.2 Å². The number of aromatic hydroxyl groups is 1. The Morgan fingerprint density at radius 3 is 2.00 bits per heavy atom. The Morgan fingerprint density at radius 1 is 1.12 bits per heavy atom. The Kier molecular flexibility index (Phi) is 3.22. The predicted octanol–water partition coefficient (Wildman–Crippen LogP) is 4.15. The van der Waals surface area contributed by atoms with Gasteiger partial charge in [-0.1, -0.05) is 13.8 Å². The van der Waals surface area contributed by atoms with E-state index in [0.29, 0.717) is 11.1 Å². The minimum Gasteiger partial charge on any atom is -0.507 e. The van der Waals surface area contributed by atoms with Crippen LogP contribution in [-0.2, 0) is 6.18 Å². The molecule has 0 spiro atoms. The fourth-order valence-electron chi connectivity index (χ4n) is 1.66. The normalized spacial score (nSPS) is 12.2. The van der Waals surface area contributed by atoms with E-state index >= 15 is 0 Å². The monoisotopic (exact) mass is 232 g/mol. The van der Waals surface area contributed by atoms with Gasteiger partial charge in [0.25, 0.3) is 0 Å². The van der Waals surface area contributed by atoms with Crippen LogP contribution in [0.15, 0.2) is 6.07 Å². The van der Waals surface area contributed by atoms with E-state index in [1.54, 1.807) is 13.8 Å². The molecule has 1 rings (SSSR count). The van der Waals surface area contributed by atoms with Crippen molar-refractivity contribution in [3.8, 4) is 5.75 Å². The van der Waals surface area contributed by atoms with Gasteiger partial charge in [-0.05, 0) is 42.5 Å². The van der Waals surface area contributed by atoms with Crippen LogP contribution in [0, 0.1) is 13.8 Å². The molecule has 1 N–H and O–H groups in total. The number of benzene rings is 1. The van der Waals surface area contributed by atoms with Crippen molar-refractivity contribution in [3.63, 3.8) is 0 Å². The van der Waals surface area contributed by atoms with Crippen molar-refractivity contribution >= 4 is 0 Å². The fraction of sp³-hybridized carbons (Fsp3) is 0.500. The van der Waals surface area contributed by atoms with Crippen LogP contribution in [0.5, 0.6) is 5.75 Å². The summed E-state index contributed by atoms with van der Waals surface area (Å²) in [5.41, 5.74) is 0.0786. The smallest absolute Gasteiger partial charge is 0.416 e. The summed E-state index contributed by atoms with van der Waals surface area (Å²) in [6.45, 7) is 6.39. The van der Waals surface area contributed by atoms with E-state index in [1.165, 1.54) is 13.8 Å². The van der Waals surface area contributed by atoms with Crippen molar-refractivity contribution < 1.29 is 18.3 Å². The lowest BCUT2D eigenvalue weighted by atomic mass is 9.92. The van der Waals surface area contributed by atoms with Crippen molar-refractivity contribution in [2.75, 3.05) is 0 Å². The molecule has 1 nitrogen and oxygen atoms in total. The molecule has 0 aliphatic heterocycles. The molecule has 0 radical (unpaired) electrons. The number of rotatable bonds is 1. The molecule has 0 amide bonds. The van der Waals surface area contributed by atoms with Gasteiger partial charge < -0.3 is 5.11 Å². The van der Waals surface area contributed by atoms with Crippen LogP contribution in [0.4, 0.5) is 13.2 Å². The first-order valence-electron chi connectivity index (χ1n) is 5.06. The highest BCUT2D eigenvalue weighted by Crippen LogP contribution is 2.39. The first kappa shape index (κ1) is 12.9. The molecule has 0 saturated heterocycles. The van der Waals surface area contributed by atoms with Crippen LogP contribution in [-0.4, -0.2) is 5.11 Å². The van der Waals surface area contributed by atoms with Gasteiger partial charge in [0.15, 0.2) is 0 Å². The molecular formula is C12H15F3O. The summed E-state index contributed by atoms with van der Waals surface area (Å²) in [5.74, 6) is -0.166. The average Bonchev–Trinajstić information content (AvgIpc) is 2.11. The predicted molar refractivity (Wildman–Crippen MR) is 56.7 cm³/mol. The number of phenols is 1. The Labute approximate surface area is 92.9 Å². The number of alkyl halides is 3. The van der Waals surface area contributed by atoms with Gasteiger partial charge in [0.1, 0.15) is 5.75 Å². The van der Waals surface area contributed by atoms with Crippen LogP contribution >= 0.6 is 0 Å². The summed E-state index contributed by atoms with van der Waals surface area (Å²) in [6, 6.07) is 1.04. The van der Waals surface area contributed by atoms with Gasteiger partial charge in [-0.15, -0.1) is 0 Å². The zero-order valence-corrected chi connectivity index (χ0v) is 9.74. The third-order valence-electron chi connectivity index (χ3n) is 2.82. The molecule has 0 atom stereocenters. The Hall–Kier alpha value is -1.19. The van der Waals surface area contributed by atoms with Gasteiger partial charge in [0, 0.05) is 0 Å². The van der Waals surface area contributed by atoms with E-state index in [0.717, 1.165) is 6.07 Å². The van der Waals surface area contributed by atoms with E-state index in [9.17, 15) is 18.3 Å². The summed E-state index contributed by atoms with van der Waals surface area (Å²) in [6.07, 6.45) is -4.37. The SMILES string of the molecule is Cc1c(C(F)(F)F)cc(C(C)C)c(O)c1C. The van der Waals surface area contributed by atoms with Gasteiger partial charge in [0.05, 0.1) is 5.56 Å². The number of hydrogen-bond acceptors (Lipinski definition) is 1. The molecule has 1 aromatic carbocycles. The molecule has 4 heteroatoms. The second kappa shape index (κ2) is 4.00. The quantitative estimate of drug-likeness (QED) is 0.771. The van der Waals surface area contributed by atoms with E-state index < -0.39 is 11.7 Å². The van der Waals surface area contributed by atoms with Crippen LogP contribution in [0.2, 0.25) is 0 Å². The van der Waals surface area contributed by atoms with Gasteiger partial charge in [-0.3, -0.25) is 0 Å². The maximum atomic E-state index is 12.7. The summed E-state index contributed by atoms with van der Waals surface area (Å²) in [5, 5.41) is 9.77. The molecule has 0 aliphatic rings. The first-order chi connectivity index (χ1) is 7.16. The second-order valence-electron chi connectivity index (χ2n) is 4.26. The number of hydrogen-bond donors (Lipinski definition) is 1. The molecule has 0 unspecified atom stereocenters. The van der Waals surface area contributed by atoms with E-state index in [2.05, 4.69) is 0 Å². The highest BCUT2D eigenvalue weighted by Gasteiger charge is 2.34. The number of phenolic OH excluding ortho intramolecular Hbond substituents is 1. The molecule has 0 fully saturated rings. The first-order valence-corrected chi connectivity index (χ1v) is 5.06. The van der Waals surface area contributed by atoms with Crippen LogP contribution in [0.3, 0.4) is 0 Å². The molecule has 1 aromatic rings. The second-order valence-corrected chi connectivity index (χ2v) is 4.26. The minimum atomic E-state index is -4.37. The van der Waals surface area contributed by atoms with Crippen molar-refractivity contribution in [1.29, 1.82) is 0 Å². The maximum absolute atomic E-state index is 12.7. The molecule has 90 valence electrons. The largest absolute Gasteiger partial charge is 0.507 e. The van der Waals surface area contributed by atoms with Gasteiger partial charge >= 0.3 is 6.18 Å². The van der Waals surface area contributed by atoms with Crippen molar-refractivity contribution in [2.24, 2.45) is 0 Å². The average molecular weight is 232 g/mol.